The van der Waals surface area contributed by atoms with Gasteiger partial charge in [-0.15, -0.1) is 0 Å². The molecule has 1 aromatic heterocycles. The second kappa shape index (κ2) is 3.79. The fraction of sp³-hybridized carbons (Fsp3) is 0.636. The Bertz CT molecular complexity index is 265. The van der Waals surface area contributed by atoms with E-state index >= 15 is 0 Å². The number of rotatable bonds is 1. The molecule has 1 saturated heterocycles. The molecule has 2 rings (SSSR count). The first-order valence-corrected chi connectivity index (χ1v) is 6.16. The Morgan fingerprint density at radius 3 is 2.54 bits per heavy atom. The van der Waals surface area contributed by atoms with Crippen LogP contribution in [0.5, 0.6) is 0 Å². The highest BCUT2D eigenvalue weighted by atomic mass is 32.2. The zero-order valence-electron chi connectivity index (χ0n) is 8.42. The Morgan fingerprint density at radius 1 is 1.31 bits per heavy atom. The lowest BCUT2D eigenvalue weighted by Crippen LogP contribution is -2.18. The van der Waals surface area contributed by atoms with E-state index in [1.807, 2.05) is 0 Å². The molecule has 1 aromatic rings. The number of nitrogens with zero attached hydrogens (tertiary/aromatic N) is 1. The first-order chi connectivity index (χ1) is 6.29. The van der Waals surface area contributed by atoms with Gasteiger partial charge in [0.25, 0.3) is 0 Å². The molecule has 1 unspecified atom stereocenters. The van der Waals surface area contributed by atoms with Crippen LogP contribution in [0.4, 0.5) is 0 Å². The normalized spacial score (nSPS) is 23.4. The van der Waals surface area contributed by atoms with Gasteiger partial charge in [0.05, 0.1) is 0 Å². The molecule has 1 fully saturated rings. The van der Waals surface area contributed by atoms with Crippen molar-refractivity contribution in [2.24, 2.45) is 0 Å². The highest BCUT2D eigenvalue weighted by Crippen LogP contribution is 2.29. The Morgan fingerprint density at radius 2 is 2.00 bits per heavy atom. The second-order valence-corrected chi connectivity index (χ2v) is 5.01. The number of thioether (sulfide) groups is 1. The largest absolute Gasteiger partial charge is 0.345 e. The molecule has 0 bridgehead atoms. The summed E-state index contributed by atoms with van der Waals surface area (Å²) in [6.07, 6.45) is 2.75. The molecule has 2 heterocycles. The molecule has 0 amide bonds. The van der Waals surface area contributed by atoms with Crippen LogP contribution < -0.4 is 0 Å². The van der Waals surface area contributed by atoms with E-state index in [1.54, 1.807) is 0 Å². The summed E-state index contributed by atoms with van der Waals surface area (Å²) in [6.45, 7) is 4.43. The molecule has 2 heteroatoms. The highest BCUT2D eigenvalue weighted by molar-refractivity contribution is 7.99. The first kappa shape index (κ1) is 9.20. The molecule has 0 radical (unpaired) electrons. The molecule has 1 aliphatic rings. The third-order valence-electron chi connectivity index (χ3n) is 2.83. The quantitative estimate of drug-likeness (QED) is 0.666. The molecule has 1 aliphatic heterocycles. The Hall–Kier alpha value is -0.370. The van der Waals surface area contributed by atoms with Gasteiger partial charge in [0.2, 0.25) is 0 Å². The van der Waals surface area contributed by atoms with Crippen LogP contribution in [0.15, 0.2) is 12.1 Å². The van der Waals surface area contributed by atoms with Gasteiger partial charge in [-0.1, -0.05) is 0 Å². The van der Waals surface area contributed by atoms with E-state index in [-0.39, 0.29) is 0 Å². The van der Waals surface area contributed by atoms with E-state index in [4.69, 9.17) is 0 Å². The lowest BCUT2D eigenvalue weighted by Gasteiger charge is -2.25. The number of hydrogen-bond donors (Lipinski definition) is 0. The van der Waals surface area contributed by atoms with Crippen LogP contribution in [0.2, 0.25) is 0 Å². The smallest absolute Gasteiger partial charge is 0.0426 e. The van der Waals surface area contributed by atoms with E-state index in [2.05, 4.69) is 42.3 Å². The molecule has 0 aromatic carbocycles. The number of aromatic nitrogens is 1. The van der Waals surface area contributed by atoms with E-state index in [9.17, 15) is 0 Å². The van der Waals surface area contributed by atoms with Crippen LogP contribution in [-0.4, -0.2) is 16.1 Å². The predicted octanol–water partition coefficient (Wildman–Crippen LogP) is 3.17. The standard InChI is InChI=1S/C11H17NS/c1-9-5-6-10(2)12(9)11-4-3-7-13-8-11/h5-6,11H,3-4,7-8H2,1-2H3. The summed E-state index contributed by atoms with van der Waals surface area (Å²) < 4.78 is 2.51. The molecular formula is C11H17NS. The van der Waals surface area contributed by atoms with Gasteiger partial charge in [0.1, 0.15) is 0 Å². The van der Waals surface area contributed by atoms with Crippen molar-refractivity contribution in [2.45, 2.75) is 32.7 Å². The zero-order chi connectivity index (χ0) is 9.26. The molecule has 1 atom stereocenters. The first-order valence-electron chi connectivity index (χ1n) is 5.01. The lowest BCUT2D eigenvalue weighted by molar-refractivity contribution is 0.484. The fourth-order valence-electron chi connectivity index (χ4n) is 2.18. The van der Waals surface area contributed by atoms with Crippen LogP contribution >= 0.6 is 11.8 Å². The Labute approximate surface area is 84.5 Å². The van der Waals surface area contributed by atoms with Gasteiger partial charge in [-0.3, -0.25) is 0 Å². The summed E-state index contributed by atoms with van der Waals surface area (Å²) in [4.78, 5) is 0. The zero-order valence-corrected chi connectivity index (χ0v) is 9.23. The van der Waals surface area contributed by atoms with Crippen molar-refractivity contribution in [3.8, 4) is 0 Å². The number of hydrogen-bond acceptors (Lipinski definition) is 1. The minimum atomic E-state index is 0.758. The highest BCUT2D eigenvalue weighted by Gasteiger charge is 2.17. The Kier molecular flexibility index (Phi) is 2.68. The molecule has 1 nitrogen and oxygen atoms in total. The fourth-order valence-corrected chi connectivity index (χ4v) is 3.31. The van der Waals surface area contributed by atoms with E-state index in [0.29, 0.717) is 0 Å². The van der Waals surface area contributed by atoms with Crippen LogP contribution in [0.25, 0.3) is 0 Å². The predicted molar refractivity (Wildman–Crippen MR) is 59.5 cm³/mol. The molecule has 13 heavy (non-hydrogen) atoms. The SMILES string of the molecule is Cc1ccc(C)n1C1CCCSC1. The van der Waals surface area contributed by atoms with Crippen molar-refractivity contribution >= 4 is 11.8 Å². The van der Waals surface area contributed by atoms with Crippen molar-refractivity contribution in [1.29, 1.82) is 0 Å². The molecule has 0 N–H and O–H groups in total. The van der Waals surface area contributed by atoms with Crippen LogP contribution in [0.1, 0.15) is 30.3 Å². The summed E-state index contributed by atoms with van der Waals surface area (Å²) >= 11 is 2.10. The molecule has 0 aliphatic carbocycles. The van der Waals surface area contributed by atoms with Crippen molar-refractivity contribution in [3.63, 3.8) is 0 Å². The third kappa shape index (κ3) is 1.78. The summed E-state index contributed by atoms with van der Waals surface area (Å²) in [7, 11) is 0. The van der Waals surface area contributed by atoms with Crippen LogP contribution in [-0.2, 0) is 0 Å². The van der Waals surface area contributed by atoms with Gasteiger partial charge in [-0.2, -0.15) is 11.8 Å². The van der Waals surface area contributed by atoms with Crippen molar-refractivity contribution in [2.75, 3.05) is 11.5 Å². The summed E-state index contributed by atoms with van der Waals surface area (Å²) in [5, 5.41) is 0. The van der Waals surface area contributed by atoms with Gasteiger partial charge in [0, 0.05) is 23.2 Å². The number of aryl methyl sites for hydroxylation is 2. The van der Waals surface area contributed by atoms with Crippen molar-refractivity contribution in [1.82, 2.24) is 4.57 Å². The summed E-state index contributed by atoms with van der Waals surface area (Å²) in [5.74, 6) is 2.66. The minimum absolute atomic E-state index is 0.758. The topological polar surface area (TPSA) is 4.93 Å². The van der Waals surface area contributed by atoms with Crippen LogP contribution in [0.3, 0.4) is 0 Å². The maximum Gasteiger partial charge on any atom is 0.0426 e. The van der Waals surface area contributed by atoms with Crippen molar-refractivity contribution in [3.05, 3.63) is 23.5 Å². The van der Waals surface area contributed by atoms with Gasteiger partial charge < -0.3 is 4.57 Å². The minimum Gasteiger partial charge on any atom is -0.345 e. The third-order valence-corrected chi connectivity index (χ3v) is 4.02. The van der Waals surface area contributed by atoms with Gasteiger partial charge >= 0.3 is 0 Å². The van der Waals surface area contributed by atoms with Gasteiger partial charge in [0.15, 0.2) is 0 Å². The Balaban J connectivity index is 2.22. The monoisotopic (exact) mass is 195 g/mol. The van der Waals surface area contributed by atoms with Gasteiger partial charge in [-0.25, -0.2) is 0 Å². The summed E-state index contributed by atoms with van der Waals surface area (Å²) in [5.41, 5.74) is 2.84. The van der Waals surface area contributed by atoms with E-state index in [0.717, 1.165) is 6.04 Å². The molecule has 0 spiro atoms. The molecular weight excluding hydrogens is 178 g/mol. The average Bonchev–Trinajstić information content (AvgIpc) is 2.48. The molecule has 72 valence electrons. The lowest BCUT2D eigenvalue weighted by atomic mass is 10.2. The van der Waals surface area contributed by atoms with Crippen molar-refractivity contribution < 1.29 is 0 Å². The van der Waals surface area contributed by atoms with E-state index in [1.165, 1.54) is 35.7 Å². The maximum atomic E-state index is 2.51. The second-order valence-electron chi connectivity index (χ2n) is 3.86. The average molecular weight is 195 g/mol. The molecule has 0 saturated carbocycles. The van der Waals surface area contributed by atoms with E-state index < -0.39 is 0 Å². The maximum absolute atomic E-state index is 2.51. The summed E-state index contributed by atoms with van der Waals surface area (Å²) in [6, 6.07) is 5.22. The van der Waals surface area contributed by atoms with Gasteiger partial charge in [-0.05, 0) is 44.6 Å². The van der Waals surface area contributed by atoms with Crippen LogP contribution in [0, 0.1) is 13.8 Å².